The quantitative estimate of drug-likeness (QED) is 0.465. The van der Waals surface area contributed by atoms with Gasteiger partial charge in [0.2, 0.25) is 0 Å². The van der Waals surface area contributed by atoms with Crippen molar-refractivity contribution in [2.24, 2.45) is 0 Å². The third-order valence-corrected chi connectivity index (χ3v) is 6.03. The maximum absolute atomic E-state index is 12.3. The summed E-state index contributed by atoms with van der Waals surface area (Å²) >= 11 is 1.22. The van der Waals surface area contributed by atoms with Crippen molar-refractivity contribution in [2.45, 2.75) is 53.5 Å². The van der Waals surface area contributed by atoms with E-state index in [1.807, 2.05) is 32.9 Å². The Morgan fingerprint density at radius 1 is 1.12 bits per heavy atom. The average Bonchev–Trinajstić information content (AvgIpc) is 3.22. The Hall–Kier alpha value is -2.77. The maximum atomic E-state index is 12.3. The largest absolute Gasteiger partial charge is 0.430 e. The summed E-state index contributed by atoms with van der Waals surface area (Å²) in [5, 5.41) is 3.47. The molecule has 0 saturated carbocycles. The van der Waals surface area contributed by atoms with E-state index in [1.165, 1.54) is 22.7 Å². The highest BCUT2D eigenvalue weighted by Gasteiger charge is 2.16. The summed E-state index contributed by atoms with van der Waals surface area (Å²) in [7, 11) is 2.14. The molecule has 0 aliphatic carbocycles. The van der Waals surface area contributed by atoms with Crippen molar-refractivity contribution >= 4 is 17.4 Å². The lowest BCUT2D eigenvalue weighted by atomic mass is 10.0. The molecule has 0 unspecified atom stereocenters. The molecule has 7 heteroatoms. The second kappa shape index (κ2) is 10.4. The highest BCUT2D eigenvalue weighted by atomic mass is 32.1. The molecular weight excluding hydrogens is 432 g/mol. The van der Waals surface area contributed by atoms with Crippen LogP contribution in [0.2, 0.25) is 0 Å². The minimum Gasteiger partial charge on any atom is -0.430 e. The van der Waals surface area contributed by atoms with Gasteiger partial charge in [0, 0.05) is 34.7 Å². The summed E-state index contributed by atoms with van der Waals surface area (Å²) < 4.78 is 10.5. The van der Waals surface area contributed by atoms with E-state index in [0.717, 1.165) is 36.4 Å². The molecular formula is C26H34N4O2S. The third-order valence-electron chi connectivity index (χ3n) is 5.43. The molecule has 1 N–H and O–H groups in total. The predicted molar refractivity (Wildman–Crippen MR) is 135 cm³/mol. The van der Waals surface area contributed by atoms with Gasteiger partial charge in [-0.25, -0.2) is 0 Å². The molecule has 0 atom stereocenters. The van der Waals surface area contributed by atoms with Gasteiger partial charge in [-0.15, -0.1) is 0 Å². The summed E-state index contributed by atoms with van der Waals surface area (Å²) in [5.74, 6) is 1.29. The number of amides is 1. The van der Waals surface area contributed by atoms with E-state index < -0.39 is 0 Å². The van der Waals surface area contributed by atoms with Crippen LogP contribution in [0, 0.1) is 13.8 Å². The van der Waals surface area contributed by atoms with E-state index in [-0.39, 0.29) is 11.4 Å². The topological polar surface area (TPSA) is 67.3 Å². The Kier molecular flexibility index (Phi) is 7.87. The van der Waals surface area contributed by atoms with E-state index >= 15 is 0 Å². The van der Waals surface area contributed by atoms with E-state index in [9.17, 15) is 4.79 Å². The zero-order valence-corrected chi connectivity index (χ0v) is 21.5. The van der Waals surface area contributed by atoms with Gasteiger partial charge in [0.1, 0.15) is 5.75 Å². The average molecular weight is 467 g/mol. The molecule has 1 aromatic heterocycles. The lowest BCUT2D eigenvalue weighted by Gasteiger charge is -2.20. The molecule has 33 heavy (non-hydrogen) atoms. The Balaban J connectivity index is 1.69. The second-order valence-electron chi connectivity index (χ2n) is 9.46. The molecule has 1 amide bonds. The lowest BCUT2D eigenvalue weighted by molar-refractivity contribution is 0.0919. The summed E-state index contributed by atoms with van der Waals surface area (Å²) in [6, 6.07) is 11.6. The molecule has 0 spiro atoms. The Morgan fingerprint density at radius 2 is 1.82 bits per heavy atom. The number of likely N-dealkylation sites (N-methyl/N-ethyl adjacent to an activating group) is 1. The van der Waals surface area contributed by atoms with E-state index in [4.69, 9.17) is 4.74 Å². The molecule has 0 aliphatic rings. The van der Waals surface area contributed by atoms with E-state index in [2.05, 4.69) is 59.5 Å². The number of hydrogen-bond acceptors (Lipinski definition) is 6. The van der Waals surface area contributed by atoms with Gasteiger partial charge in [-0.05, 0) is 89.5 Å². The normalized spacial score (nSPS) is 11.6. The van der Waals surface area contributed by atoms with Crippen LogP contribution in [0.4, 0.5) is 0 Å². The van der Waals surface area contributed by atoms with Gasteiger partial charge in [0.05, 0.1) is 0 Å². The van der Waals surface area contributed by atoms with Crippen LogP contribution in [0.15, 0.2) is 36.4 Å². The van der Waals surface area contributed by atoms with Gasteiger partial charge in [-0.1, -0.05) is 25.1 Å². The van der Waals surface area contributed by atoms with E-state index in [1.54, 1.807) is 12.1 Å². The van der Waals surface area contributed by atoms with Crippen LogP contribution >= 0.6 is 11.5 Å². The fraction of sp³-hybridized carbons (Fsp3) is 0.423. The SMILES string of the molecule is CCN(C)CCc1cc(C)c(Oc2nc(-c3ccc(C(=O)NC(C)(C)C)cc3)ns2)cc1C. The molecule has 0 radical (unpaired) electrons. The number of benzene rings is 2. The summed E-state index contributed by atoms with van der Waals surface area (Å²) in [6.45, 7) is 14.3. The van der Waals surface area contributed by atoms with Crippen LogP contribution in [-0.2, 0) is 6.42 Å². The first-order valence-corrected chi connectivity index (χ1v) is 12.1. The molecule has 2 aromatic carbocycles. The zero-order chi connectivity index (χ0) is 24.2. The number of aromatic nitrogens is 2. The van der Waals surface area contributed by atoms with Crippen LogP contribution in [0.25, 0.3) is 11.4 Å². The number of carbonyl (C=O) groups excluding carboxylic acids is 1. The fourth-order valence-electron chi connectivity index (χ4n) is 3.34. The van der Waals surface area contributed by atoms with Gasteiger partial charge in [0.25, 0.3) is 11.1 Å². The predicted octanol–water partition coefficient (Wildman–Crippen LogP) is 5.64. The molecule has 176 valence electrons. The summed E-state index contributed by atoms with van der Waals surface area (Å²) in [5.41, 5.74) is 4.82. The minimum atomic E-state index is -0.279. The van der Waals surface area contributed by atoms with Crippen LogP contribution < -0.4 is 10.1 Å². The standard InChI is InChI=1S/C26H34N4O2S/c1-8-30(7)14-13-21-15-18(3)22(16-17(21)2)32-25-27-23(29-33-25)19-9-11-20(12-10-19)24(31)28-26(4,5)6/h9-12,15-16H,8,13-14H2,1-7H3,(H,28,31). The zero-order valence-electron chi connectivity index (χ0n) is 20.7. The van der Waals surface area contributed by atoms with Gasteiger partial charge in [-0.3, -0.25) is 4.79 Å². The van der Waals surface area contributed by atoms with Gasteiger partial charge >= 0.3 is 0 Å². The minimum absolute atomic E-state index is 0.0973. The smallest absolute Gasteiger partial charge is 0.299 e. The Bertz CT molecular complexity index is 1100. The Morgan fingerprint density at radius 3 is 2.45 bits per heavy atom. The van der Waals surface area contributed by atoms with Crippen LogP contribution in [-0.4, -0.2) is 45.8 Å². The second-order valence-corrected chi connectivity index (χ2v) is 10.2. The number of carbonyl (C=O) groups is 1. The van der Waals surface area contributed by atoms with Crippen molar-refractivity contribution in [3.05, 3.63) is 58.7 Å². The molecule has 0 saturated heterocycles. The van der Waals surface area contributed by atoms with Crippen LogP contribution in [0.5, 0.6) is 10.9 Å². The number of aryl methyl sites for hydroxylation is 2. The number of hydrogen-bond donors (Lipinski definition) is 1. The monoisotopic (exact) mass is 466 g/mol. The first-order chi connectivity index (χ1) is 15.6. The fourth-order valence-corrected chi connectivity index (χ4v) is 3.91. The lowest BCUT2D eigenvalue weighted by Crippen LogP contribution is -2.40. The van der Waals surface area contributed by atoms with Crippen LogP contribution in [0.1, 0.15) is 54.7 Å². The summed E-state index contributed by atoms with van der Waals surface area (Å²) in [4.78, 5) is 19.2. The van der Waals surface area contributed by atoms with E-state index in [0.29, 0.717) is 16.6 Å². The van der Waals surface area contributed by atoms with Gasteiger partial charge in [0.15, 0.2) is 5.82 Å². The number of rotatable bonds is 8. The molecule has 1 heterocycles. The van der Waals surface area contributed by atoms with Gasteiger partial charge in [-0.2, -0.15) is 9.36 Å². The van der Waals surface area contributed by atoms with Crippen molar-refractivity contribution in [1.29, 1.82) is 0 Å². The maximum Gasteiger partial charge on any atom is 0.299 e. The highest BCUT2D eigenvalue weighted by Crippen LogP contribution is 2.31. The molecule has 3 aromatic rings. The number of nitrogens with one attached hydrogen (secondary N) is 1. The highest BCUT2D eigenvalue weighted by molar-refractivity contribution is 7.07. The third kappa shape index (κ3) is 6.85. The van der Waals surface area contributed by atoms with Crippen molar-refractivity contribution < 1.29 is 9.53 Å². The summed E-state index contributed by atoms with van der Waals surface area (Å²) in [6.07, 6.45) is 1.02. The first-order valence-electron chi connectivity index (χ1n) is 11.3. The number of nitrogens with zero attached hydrogens (tertiary/aromatic N) is 3. The molecule has 6 nitrogen and oxygen atoms in total. The first kappa shape index (κ1) is 24.9. The molecule has 0 fully saturated rings. The Labute approximate surface area is 201 Å². The van der Waals surface area contributed by atoms with Crippen molar-refractivity contribution in [2.75, 3.05) is 20.1 Å². The van der Waals surface area contributed by atoms with Crippen molar-refractivity contribution in [1.82, 2.24) is 19.6 Å². The molecule has 3 rings (SSSR count). The van der Waals surface area contributed by atoms with Crippen molar-refractivity contribution in [3.63, 3.8) is 0 Å². The number of ether oxygens (including phenoxy) is 1. The molecule has 0 aliphatic heterocycles. The van der Waals surface area contributed by atoms with Crippen LogP contribution in [0.3, 0.4) is 0 Å². The molecule has 0 bridgehead atoms. The van der Waals surface area contributed by atoms with Gasteiger partial charge < -0.3 is 15.0 Å². The van der Waals surface area contributed by atoms with Crippen molar-refractivity contribution in [3.8, 4) is 22.3 Å².